The lowest BCUT2D eigenvalue weighted by molar-refractivity contribution is -0.167. The number of esters is 3. The molecule has 0 amide bonds. The van der Waals surface area contributed by atoms with E-state index in [1.165, 1.54) is 122 Å². The second-order valence-electron chi connectivity index (χ2n) is 21.6. The summed E-state index contributed by atoms with van der Waals surface area (Å²) in [4.78, 5) is 38.4. The van der Waals surface area contributed by atoms with Crippen LogP contribution in [0.25, 0.3) is 0 Å². The molecule has 80 heavy (non-hydrogen) atoms. The van der Waals surface area contributed by atoms with E-state index in [4.69, 9.17) is 14.2 Å². The zero-order chi connectivity index (χ0) is 57.8. The Morgan fingerprint density at radius 1 is 0.263 bits per heavy atom. The van der Waals surface area contributed by atoms with Gasteiger partial charge in [-0.3, -0.25) is 14.4 Å². The van der Waals surface area contributed by atoms with Crippen molar-refractivity contribution in [3.63, 3.8) is 0 Å². The monoisotopic (exact) mass is 1110 g/mol. The fourth-order valence-corrected chi connectivity index (χ4v) is 8.94. The van der Waals surface area contributed by atoms with Gasteiger partial charge in [0.25, 0.3) is 0 Å². The van der Waals surface area contributed by atoms with Crippen LogP contribution < -0.4 is 0 Å². The predicted molar refractivity (Wildman–Crippen MR) is 348 cm³/mol. The molecule has 0 spiro atoms. The normalized spacial score (nSPS) is 13.0. The maximum absolute atomic E-state index is 12.9. The average molecular weight is 1110 g/mol. The van der Waals surface area contributed by atoms with Crippen LogP contribution in [0.5, 0.6) is 0 Å². The van der Waals surface area contributed by atoms with Crippen molar-refractivity contribution in [1.82, 2.24) is 0 Å². The summed E-state index contributed by atoms with van der Waals surface area (Å²) in [6, 6.07) is 0. The Hall–Kier alpha value is -4.45. The fourth-order valence-electron chi connectivity index (χ4n) is 8.94. The van der Waals surface area contributed by atoms with Crippen LogP contribution in [0, 0.1) is 0 Å². The first-order chi connectivity index (χ1) is 39.5. The van der Waals surface area contributed by atoms with Gasteiger partial charge in [-0.2, -0.15) is 0 Å². The summed E-state index contributed by atoms with van der Waals surface area (Å²) in [7, 11) is 0. The van der Waals surface area contributed by atoms with Gasteiger partial charge in [0, 0.05) is 19.3 Å². The summed E-state index contributed by atoms with van der Waals surface area (Å²) >= 11 is 0. The summed E-state index contributed by atoms with van der Waals surface area (Å²) in [5.74, 6) is -0.951. The van der Waals surface area contributed by atoms with Crippen molar-refractivity contribution < 1.29 is 28.6 Å². The molecule has 0 N–H and O–H groups in total. The van der Waals surface area contributed by atoms with Crippen LogP contribution in [0.4, 0.5) is 0 Å². The molecule has 0 aliphatic carbocycles. The summed E-state index contributed by atoms with van der Waals surface area (Å²) in [5, 5.41) is 0. The van der Waals surface area contributed by atoms with Gasteiger partial charge < -0.3 is 14.2 Å². The molecule has 0 rings (SSSR count). The number of rotatable bonds is 59. The second-order valence-corrected chi connectivity index (χ2v) is 21.6. The molecule has 0 radical (unpaired) electrons. The van der Waals surface area contributed by atoms with Gasteiger partial charge in [0.2, 0.25) is 0 Å². The summed E-state index contributed by atoms with van der Waals surface area (Å²) in [5.41, 5.74) is 0. The highest BCUT2D eigenvalue weighted by Gasteiger charge is 2.19. The lowest BCUT2D eigenvalue weighted by atomic mass is 10.0. The van der Waals surface area contributed by atoms with Crippen LogP contribution in [0.3, 0.4) is 0 Å². The quantitative estimate of drug-likeness (QED) is 0.0261. The average Bonchev–Trinajstić information content (AvgIpc) is 3.46. The molecule has 0 aromatic carbocycles. The van der Waals surface area contributed by atoms with Crippen LogP contribution in [-0.4, -0.2) is 37.2 Å². The van der Waals surface area contributed by atoms with E-state index in [0.29, 0.717) is 25.7 Å². The maximum atomic E-state index is 12.9. The van der Waals surface area contributed by atoms with Gasteiger partial charge in [0.15, 0.2) is 6.10 Å². The molecule has 0 saturated carbocycles. The Kier molecular flexibility index (Phi) is 63.3. The van der Waals surface area contributed by atoms with E-state index in [-0.39, 0.29) is 31.1 Å². The molecular weight excluding hydrogens is 985 g/mol. The van der Waals surface area contributed by atoms with E-state index in [0.717, 1.165) is 128 Å². The first kappa shape index (κ1) is 75.5. The molecule has 6 nitrogen and oxygen atoms in total. The zero-order valence-electron chi connectivity index (χ0n) is 52.0. The van der Waals surface area contributed by atoms with Crippen LogP contribution in [-0.2, 0) is 28.6 Å². The second kappa shape index (κ2) is 67.1. The minimum Gasteiger partial charge on any atom is -0.462 e. The molecule has 0 aliphatic heterocycles. The molecular formula is C74H122O6. The fraction of sp³-hybridized carbons (Fsp3) is 0.662. The van der Waals surface area contributed by atoms with Gasteiger partial charge >= 0.3 is 17.9 Å². The van der Waals surface area contributed by atoms with Crippen LogP contribution >= 0.6 is 0 Å². The highest BCUT2D eigenvalue weighted by molar-refractivity contribution is 5.71. The van der Waals surface area contributed by atoms with Crippen LogP contribution in [0.15, 0.2) is 134 Å². The molecule has 0 saturated heterocycles. The van der Waals surface area contributed by atoms with Crippen molar-refractivity contribution in [3.05, 3.63) is 134 Å². The SMILES string of the molecule is CC/C=C\C/C=C\C/C=C\C/C=C\C/C=C\C/C=C\C/C=C\C/C=C\CCCCC(=O)OCC(COC(=O)CCCCCCCCCCCCCCCCCC)OC(=O)CCCCCCCC/C=C\C/C=C\C/C=C\CCCCC. The molecule has 0 fully saturated rings. The molecule has 0 aromatic heterocycles. The Labute approximate surface area is 494 Å². The lowest BCUT2D eigenvalue weighted by Gasteiger charge is -2.18. The van der Waals surface area contributed by atoms with Crippen LogP contribution in [0.1, 0.15) is 297 Å². The van der Waals surface area contributed by atoms with Crippen molar-refractivity contribution >= 4 is 17.9 Å². The third-order valence-electron chi connectivity index (χ3n) is 13.9. The van der Waals surface area contributed by atoms with Crippen molar-refractivity contribution in [1.29, 1.82) is 0 Å². The Bertz CT molecular complexity index is 1700. The molecule has 1 unspecified atom stereocenters. The number of carbonyl (C=O) groups excluding carboxylic acids is 3. The van der Waals surface area contributed by atoms with Gasteiger partial charge in [0.05, 0.1) is 0 Å². The molecule has 1 atom stereocenters. The largest absolute Gasteiger partial charge is 0.462 e. The standard InChI is InChI=1S/C74H122O6/c1-4-7-10-13-16-19-22-25-28-31-33-34-35-36-37-38-39-40-42-43-46-49-52-55-58-61-64-67-73(76)79-70-71(69-78-72(75)66-63-60-57-54-51-48-45-30-27-24-21-18-15-12-9-6-3)80-74(77)68-65-62-59-56-53-50-47-44-41-32-29-26-23-20-17-14-11-8-5-2/h7,10,16-17,19-20,25-26,28-29,33-34,36-37,39-41,43-44,46,52,55,71H,4-6,8-9,11-15,18,21-24,27,30-32,35,38,42,45,47-51,53-54,56-70H2,1-3H3/b10-7-,19-16-,20-17-,28-25-,29-26-,34-33-,37-36-,40-39-,44-41-,46-43-,55-52-. The summed E-state index contributed by atoms with van der Waals surface area (Å²) in [6.07, 6.45) is 94.5. The van der Waals surface area contributed by atoms with Gasteiger partial charge in [-0.15, -0.1) is 0 Å². The Morgan fingerprint density at radius 2 is 0.487 bits per heavy atom. The molecule has 0 heterocycles. The predicted octanol–water partition coefficient (Wildman–Crippen LogP) is 22.9. The van der Waals surface area contributed by atoms with E-state index in [1.54, 1.807) is 0 Å². The number of allylic oxidation sites excluding steroid dienone is 22. The minimum absolute atomic E-state index is 0.0986. The van der Waals surface area contributed by atoms with E-state index in [9.17, 15) is 14.4 Å². The minimum atomic E-state index is -0.808. The van der Waals surface area contributed by atoms with Crippen molar-refractivity contribution in [2.75, 3.05) is 13.2 Å². The molecule has 0 aromatic rings. The number of ether oxygens (including phenoxy) is 3. The molecule has 0 bridgehead atoms. The third-order valence-corrected chi connectivity index (χ3v) is 13.9. The topological polar surface area (TPSA) is 78.9 Å². The first-order valence-electron chi connectivity index (χ1n) is 33.2. The summed E-state index contributed by atoms with van der Waals surface area (Å²) in [6.45, 7) is 6.47. The summed E-state index contributed by atoms with van der Waals surface area (Å²) < 4.78 is 16.9. The first-order valence-corrected chi connectivity index (χ1v) is 33.2. The van der Waals surface area contributed by atoms with Crippen molar-refractivity contribution in [3.8, 4) is 0 Å². The van der Waals surface area contributed by atoms with E-state index < -0.39 is 6.10 Å². The highest BCUT2D eigenvalue weighted by atomic mass is 16.6. The number of hydrogen-bond donors (Lipinski definition) is 0. The maximum Gasteiger partial charge on any atom is 0.306 e. The van der Waals surface area contributed by atoms with Gasteiger partial charge in [-0.1, -0.05) is 289 Å². The molecule has 454 valence electrons. The number of carbonyl (C=O) groups is 3. The van der Waals surface area contributed by atoms with Gasteiger partial charge in [0.1, 0.15) is 13.2 Å². The highest BCUT2D eigenvalue weighted by Crippen LogP contribution is 2.16. The molecule has 0 aliphatic rings. The molecule has 6 heteroatoms. The third kappa shape index (κ3) is 64.4. The Balaban J connectivity index is 4.48. The van der Waals surface area contributed by atoms with Gasteiger partial charge in [-0.05, 0) is 122 Å². The van der Waals surface area contributed by atoms with Crippen molar-refractivity contribution in [2.45, 2.75) is 303 Å². The lowest BCUT2D eigenvalue weighted by Crippen LogP contribution is -2.30. The van der Waals surface area contributed by atoms with E-state index >= 15 is 0 Å². The van der Waals surface area contributed by atoms with Gasteiger partial charge in [-0.25, -0.2) is 0 Å². The zero-order valence-corrected chi connectivity index (χ0v) is 52.0. The van der Waals surface area contributed by atoms with E-state index in [1.807, 2.05) is 0 Å². The van der Waals surface area contributed by atoms with Crippen LogP contribution in [0.2, 0.25) is 0 Å². The smallest absolute Gasteiger partial charge is 0.306 e. The number of hydrogen-bond acceptors (Lipinski definition) is 6. The Morgan fingerprint density at radius 3 is 0.812 bits per heavy atom. The van der Waals surface area contributed by atoms with Crippen molar-refractivity contribution in [2.24, 2.45) is 0 Å². The van der Waals surface area contributed by atoms with E-state index in [2.05, 4.69) is 154 Å². The number of unbranched alkanes of at least 4 members (excludes halogenated alkanes) is 26.